The molecular weight excluding hydrogens is 287 g/mol. The third-order valence-corrected chi connectivity index (χ3v) is 4.20. The lowest BCUT2D eigenvalue weighted by Gasteiger charge is -2.13. The van der Waals surface area contributed by atoms with Crippen molar-refractivity contribution in [2.24, 2.45) is 0 Å². The zero-order valence-electron chi connectivity index (χ0n) is 10.7. The normalized spacial score (nSPS) is 16.0. The van der Waals surface area contributed by atoms with Gasteiger partial charge in [0.05, 0.1) is 16.1 Å². The fourth-order valence-electron chi connectivity index (χ4n) is 2.72. The second-order valence-electron chi connectivity index (χ2n) is 5.14. The van der Waals surface area contributed by atoms with Crippen molar-refractivity contribution in [2.75, 3.05) is 0 Å². The van der Waals surface area contributed by atoms with E-state index in [-0.39, 0.29) is 0 Å². The van der Waals surface area contributed by atoms with Crippen LogP contribution in [0, 0.1) is 0 Å². The van der Waals surface area contributed by atoms with Gasteiger partial charge in [0.25, 0.3) is 0 Å². The molecule has 0 fully saturated rings. The van der Waals surface area contributed by atoms with Crippen LogP contribution in [-0.4, -0.2) is 4.98 Å². The number of pyridine rings is 1. The number of halogens is 4. The van der Waals surface area contributed by atoms with Crippen molar-refractivity contribution in [1.29, 1.82) is 0 Å². The Labute approximate surface area is 119 Å². The maximum absolute atomic E-state index is 12.8. The number of benzene rings is 1. The zero-order valence-corrected chi connectivity index (χ0v) is 11.5. The summed E-state index contributed by atoms with van der Waals surface area (Å²) in [6, 6.07) is 3.59. The molecule has 1 aliphatic carbocycles. The Balaban J connectivity index is 2.22. The first-order chi connectivity index (χ1) is 9.47. The molecule has 0 saturated heterocycles. The quantitative estimate of drug-likeness (QED) is 0.611. The molecular formula is C15H13ClF3N. The summed E-state index contributed by atoms with van der Waals surface area (Å²) in [4.78, 5) is 4.43. The van der Waals surface area contributed by atoms with Crippen LogP contribution < -0.4 is 0 Å². The minimum atomic E-state index is -4.35. The van der Waals surface area contributed by atoms with Gasteiger partial charge in [-0.05, 0) is 43.4 Å². The topological polar surface area (TPSA) is 12.9 Å². The monoisotopic (exact) mass is 299 g/mol. The van der Waals surface area contributed by atoms with Gasteiger partial charge in [0, 0.05) is 11.1 Å². The largest absolute Gasteiger partial charge is 0.416 e. The van der Waals surface area contributed by atoms with E-state index in [0.717, 1.165) is 55.5 Å². The lowest BCUT2D eigenvalue weighted by atomic mass is 10.0. The Hall–Kier alpha value is -1.29. The smallest absolute Gasteiger partial charge is 0.252 e. The second kappa shape index (κ2) is 4.92. The Morgan fingerprint density at radius 2 is 1.80 bits per heavy atom. The number of rotatable bonds is 0. The maximum Gasteiger partial charge on any atom is 0.416 e. The molecule has 0 radical (unpaired) electrons. The number of aromatic nitrogens is 1. The maximum atomic E-state index is 12.8. The standard InChI is InChI=1S/C15H13ClF3N/c16-14-10-4-2-1-3-5-12(10)20-13-8-9(15(17,18)19)6-7-11(13)14/h6-8H,1-5H2. The lowest BCUT2D eigenvalue weighted by Crippen LogP contribution is -2.05. The number of hydrogen-bond donors (Lipinski definition) is 0. The van der Waals surface area contributed by atoms with Crippen molar-refractivity contribution >= 4 is 22.5 Å². The van der Waals surface area contributed by atoms with E-state index >= 15 is 0 Å². The van der Waals surface area contributed by atoms with Crippen molar-refractivity contribution in [3.05, 3.63) is 40.0 Å². The van der Waals surface area contributed by atoms with Crippen LogP contribution in [0.2, 0.25) is 5.02 Å². The molecule has 1 nitrogen and oxygen atoms in total. The van der Waals surface area contributed by atoms with E-state index in [4.69, 9.17) is 11.6 Å². The Bertz CT molecular complexity index is 664. The molecule has 0 spiro atoms. The summed E-state index contributed by atoms with van der Waals surface area (Å²) in [6.07, 6.45) is 0.479. The van der Waals surface area contributed by atoms with E-state index in [9.17, 15) is 13.2 Å². The SMILES string of the molecule is FC(F)(F)c1ccc2c(Cl)c3c(nc2c1)CCCCC3. The van der Waals surface area contributed by atoms with Gasteiger partial charge in [0.1, 0.15) is 0 Å². The molecule has 1 aromatic carbocycles. The molecule has 0 amide bonds. The van der Waals surface area contributed by atoms with Crippen molar-refractivity contribution in [3.8, 4) is 0 Å². The van der Waals surface area contributed by atoms with Gasteiger partial charge in [-0.25, -0.2) is 0 Å². The van der Waals surface area contributed by atoms with Gasteiger partial charge in [-0.1, -0.05) is 24.1 Å². The molecule has 0 bridgehead atoms. The molecule has 1 aromatic heterocycles. The van der Waals surface area contributed by atoms with Crippen LogP contribution >= 0.6 is 11.6 Å². The summed E-state index contributed by atoms with van der Waals surface area (Å²) in [7, 11) is 0. The molecule has 0 saturated carbocycles. The molecule has 1 heterocycles. The van der Waals surface area contributed by atoms with Crippen LogP contribution in [0.3, 0.4) is 0 Å². The molecule has 0 unspecified atom stereocenters. The van der Waals surface area contributed by atoms with Gasteiger partial charge < -0.3 is 0 Å². The number of hydrogen-bond acceptors (Lipinski definition) is 1. The van der Waals surface area contributed by atoms with Crippen molar-refractivity contribution in [3.63, 3.8) is 0 Å². The first kappa shape index (κ1) is 13.7. The highest BCUT2D eigenvalue weighted by Gasteiger charge is 2.31. The molecule has 1 aliphatic rings. The van der Waals surface area contributed by atoms with Gasteiger partial charge >= 0.3 is 6.18 Å². The highest BCUT2D eigenvalue weighted by molar-refractivity contribution is 6.36. The summed E-state index contributed by atoms with van der Waals surface area (Å²) in [5, 5.41) is 1.18. The number of fused-ring (bicyclic) bond motifs is 2. The third-order valence-electron chi connectivity index (χ3n) is 3.77. The van der Waals surface area contributed by atoms with E-state index in [0.29, 0.717) is 15.9 Å². The van der Waals surface area contributed by atoms with Crippen LogP contribution in [0.4, 0.5) is 13.2 Å². The third kappa shape index (κ3) is 2.37. The predicted molar refractivity (Wildman–Crippen MR) is 73.0 cm³/mol. The average molecular weight is 300 g/mol. The van der Waals surface area contributed by atoms with E-state index < -0.39 is 11.7 Å². The van der Waals surface area contributed by atoms with E-state index in [1.807, 2.05) is 0 Å². The summed E-state index contributed by atoms with van der Waals surface area (Å²) in [6.45, 7) is 0. The fourth-order valence-corrected chi connectivity index (χ4v) is 3.08. The lowest BCUT2D eigenvalue weighted by molar-refractivity contribution is -0.137. The number of aryl methyl sites for hydroxylation is 1. The number of alkyl halides is 3. The molecule has 5 heteroatoms. The van der Waals surface area contributed by atoms with E-state index in [2.05, 4.69) is 4.98 Å². The Morgan fingerprint density at radius 1 is 1.05 bits per heavy atom. The Morgan fingerprint density at radius 3 is 2.55 bits per heavy atom. The predicted octanol–water partition coefficient (Wildman–Crippen LogP) is 5.18. The second-order valence-corrected chi connectivity index (χ2v) is 5.52. The van der Waals surface area contributed by atoms with Gasteiger partial charge in [0.2, 0.25) is 0 Å². The molecule has 3 rings (SSSR count). The van der Waals surface area contributed by atoms with Crippen LogP contribution in [0.15, 0.2) is 18.2 Å². The minimum Gasteiger partial charge on any atom is -0.252 e. The van der Waals surface area contributed by atoms with E-state index in [1.165, 1.54) is 6.07 Å². The average Bonchev–Trinajstić information content (AvgIpc) is 2.63. The van der Waals surface area contributed by atoms with Gasteiger partial charge in [-0.2, -0.15) is 13.2 Å². The van der Waals surface area contributed by atoms with Crippen LogP contribution in [0.1, 0.15) is 36.1 Å². The minimum absolute atomic E-state index is 0.338. The van der Waals surface area contributed by atoms with Crippen LogP contribution in [-0.2, 0) is 19.0 Å². The molecule has 0 aliphatic heterocycles. The van der Waals surface area contributed by atoms with Crippen molar-refractivity contribution in [2.45, 2.75) is 38.3 Å². The first-order valence-electron chi connectivity index (χ1n) is 6.65. The summed E-state index contributed by atoms with van der Waals surface area (Å²) >= 11 is 6.38. The molecule has 0 N–H and O–H groups in total. The fraction of sp³-hybridized carbons (Fsp3) is 0.400. The molecule has 106 valence electrons. The van der Waals surface area contributed by atoms with E-state index in [1.54, 1.807) is 0 Å². The van der Waals surface area contributed by atoms with Crippen molar-refractivity contribution < 1.29 is 13.2 Å². The number of nitrogens with zero attached hydrogens (tertiary/aromatic N) is 1. The molecule has 2 aromatic rings. The van der Waals surface area contributed by atoms with Gasteiger partial charge in [0.15, 0.2) is 0 Å². The summed E-state index contributed by atoms with van der Waals surface area (Å²) in [5.41, 5.74) is 1.53. The summed E-state index contributed by atoms with van der Waals surface area (Å²) < 4.78 is 38.3. The zero-order chi connectivity index (χ0) is 14.3. The Kier molecular flexibility index (Phi) is 3.36. The molecule has 0 atom stereocenters. The van der Waals surface area contributed by atoms with Gasteiger partial charge in [-0.3, -0.25) is 4.98 Å². The van der Waals surface area contributed by atoms with Crippen LogP contribution in [0.5, 0.6) is 0 Å². The highest BCUT2D eigenvalue weighted by Crippen LogP contribution is 2.36. The van der Waals surface area contributed by atoms with Crippen LogP contribution in [0.25, 0.3) is 10.9 Å². The summed E-state index contributed by atoms with van der Waals surface area (Å²) in [5.74, 6) is 0. The first-order valence-corrected chi connectivity index (χ1v) is 7.03. The highest BCUT2D eigenvalue weighted by atomic mass is 35.5. The molecule has 20 heavy (non-hydrogen) atoms. The van der Waals surface area contributed by atoms with Crippen molar-refractivity contribution in [1.82, 2.24) is 4.98 Å². The van der Waals surface area contributed by atoms with Gasteiger partial charge in [-0.15, -0.1) is 0 Å².